The molecule has 3 nitrogen and oxygen atoms in total. The van der Waals surface area contributed by atoms with Gasteiger partial charge in [0.05, 0.1) is 5.52 Å². The molecule has 1 unspecified atom stereocenters. The van der Waals surface area contributed by atoms with Crippen molar-refractivity contribution < 1.29 is 4.21 Å². The third kappa shape index (κ3) is 3.35. The Balaban J connectivity index is 2.05. The molecule has 0 saturated heterocycles. The number of aromatic nitrogens is 1. The number of rotatable bonds is 5. The van der Waals surface area contributed by atoms with Gasteiger partial charge in [0.15, 0.2) is 0 Å². The Hall–Kier alpha value is -1.26. The lowest BCUT2D eigenvalue weighted by Crippen LogP contribution is -2.19. The highest BCUT2D eigenvalue weighted by Gasteiger charge is 2.00. The van der Waals surface area contributed by atoms with Crippen LogP contribution in [0.2, 0.25) is 0 Å². The maximum absolute atomic E-state index is 10.9. The Kier molecular flexibility index (Phi) is 4.23. The maximum atomic E-state index is 10.9. The molecule has 90 valence electrons. The van der Waals surface area contributed by atoms with Crippen molar-refractivity contribution in [1.82, 2.24) is 10.3 Å². The molecule has 0 bridgehead atoms. The number of hydrogen-bond acceptors (Lipinski definition) is 3. The lowest BCUT2D eigenvalue weighted by Gasteiger charge is -2.06. The van der Waals surface area contributed by atoms with Crippen molar-refractivity contribution in [1.29, 1.82) is 0 Å². The van der Waals surface area contributed by atoms with E-state index in [1.54, 1.807) is 6.26 Å². The number of nitrogens with zero attached hydrogens (tertiary/aromatic N) is 1. The van der Waals surface area contributed by atoms with Crippen LogP contribution in [0.3, 0.4) is 0 Å². The van der Waals surface area contributed by atoms with Crippen LogP contribution in [0.4, 0.5) is 0 Å². The quantitative estimate of drug-likeness (QED) is 0.819. The Labute approximate surface area is 104 Å². The van der Waals surface area contributed by atoms with Crippen LogP contribution >= 0.6 is 0 Å². The average molecular weight is 248 g/mol. The highest BCUT2D eigenvalue weighted by molar-refractivity contribution is 7.84. The smallest absolute Gasteiger partial charge is 0.0746 e. The molecular formula is C13H16N2OS. The van der Waals surface area contributed by atoms with E-state index in [9.17, 15) is 4.21 Å². The van der Waals surface area contributed by atoms with Gasteiger partial charge in [-0.05, 0) is 11.6 Å². The van der Waals surface area contributed by atoms with E-state index in [1.807, 2.05) is 18.3 Å². The first kappa shape index (κ1) is 12.2. The van der Waals surface area contributed by atoms with E-state index >= 15 is 0 Å². The van der Waals surface area contributed by atoms with E-state index in [0.717, 1.165) is 24.0 Å². The minimum absolute atomic E-state index is 0.693. The molecule has 0 spiro atoms. The number of hydrogen-bond donors (Lipinski definition) is 1. The monoisotopic (exact) mass is 248 g/mol. The molecule has 4 heteroatoms. The molecule has 0 aliphatic heterocycles. The van der Waals surface area contributed by atoms with Crippen molar-refractivity contribution in [3.05, 3.63) is 42.1 Å². The molecule has 17 heavy (non-hydrogen) atoms. The highest BCUT2D eigenvalue weighted by Crippen LogP contribution is 2.15. The summed E-state index contributed by atoms with van der Waals surface area (Å²) in [5.74, 6) is 0.693. The summed E-state index contributed by atoms with van der Waals surface area (Å²) in [7, 11) is -0.729. The average Bonchev–Trinajstić information content (AvgIpc) is 2.34. The summed E-state index contributed by atoms with van der Waals surface area (Å²) in [5.41, 5.74) is 2.23. The third-order valence-corrected chi connectivity index (χ3v) is 3.38. The Morgan fingerprint density at radius 2 is 2.12 bits per heavy atom. The fourth-order valence-electron chi connectivity index (χ4n) is 1.75. The first-order chi connectivity index (χ1) is 8.27. The second kappa shape index (κ2) is 5.89. The molecule has 1 N–H and O–H groups in total. The van der Waals surface area contributed by atoms with Gasteiger partial charge in [-0.2, -0.15) is 0 Å². The van der Waals surface area contributed by atoms with Gasteiger partial charge in [0.1, 0.15) is 0 Å². The molecule has 1 aromatic carbocycles. The van der Waals surface area contributed by atoms with E-state index in [0.29, 0.717) is 5.75 Å². The van der Waals surface area contributed by atoms with Gasteiger partial charge in [-0.25, -0.2) is 0 Å². The zero-order valence-corrected chi connectivity index (χ0v) is 10.7. The summed E-state index contributed by atoms with van der Waals surface area (Å²) >= 11 is 0. The molecule has 0 saturated carbocycles. The van der Waals surface area contributed by atoms with Crippen LogP contribution in [0, 0.1) is 0 Å². The molecule has 1 heterocycles. The molecule has 2 rings (SSSR count). The Bertz CT molecular complexity index is 522. The molecule has 1 aromatic heterocycles. The molecule has 0 fully saturated rings. The zero-order valence-electron chi connectivity index (χ0n) is 9.85. The predicted octanol–water partition coefficient (Wildman–Crippen LogP) is 1.70. The van der Waals surface area contributed by atoms with E-state index in [1.165, 1.54) is 5.56 Å². The largest absolute Gasteiger partial charge is 0.312 e. The first-order valence-corrected chi connectivity index (χ1v) is 7.33. The fourth-order valence-corrected chi connectivity index (χ4v) is 2.18. The number of benzene rings is 1. The summed E-state index contributed by atoms with van der Waals surface area (Å²) in [6.45, 7) is 1.54. The lowest BCUT2D eigenvalue weighted by molar-refractivity contribution is 0.677. The van der Waals surface area contributed by atoms with Gasteiger partial charge < -0.3 is 5.32 Å². The summed E-state index contributed by atoms with van der Waals surface area (Å²) < 4.78 is 10.9. The highest BCUT2D eigenvalue weighted by atomic mass is 32.2. The topological polar surface area (TPSA) is 42.0 Å². The minimum atomic E-state index is -0.729. The molecule has 0 amide bonds. The van der Waals surface area contributed by atoms with Crippen molar-refractivity contribution in [2.24, 2.45) is 0 Å². The predicted molar refractivity (Wildman–Crippen MR) is 72.4 cm³/mol. The number of nitrogens with one attached hydrogen (secondary N) is 1. The number of para-hydroxylation sites is 1. The van der Waals surface area contributed by atoms with Crippen molar-refractivity contribution in [2.75, 3.05) is 18.6 Å². The third-order valence-electron chi connectivity index (χ3n) is 2.60. The molecule has 2 aromatic rings. The lowest BCUT2D eigenvalue weighted by atomic mass is 10.1. The van der Waals surface area contributed by atoms with Crippen LogP contribution in [0.25, 0.3) is 10.9 Å². The van der Waals surface area contributed by atoms with Crippen LogP contribution < -0.4 is 5.32 Å². The molecule has 0 aliphatic rings. The van der Waals surface area contributed by atoms with Crippen LogP contribution in [-0.4, -0.2) is 27.7 Å². The van der Waals surface area contributed by atoms with E-state index in [4.69, 9.17) is 0 Å². The molecule has 0 radical (unpaired) electrons. The van der Waals surface area contributed by atoms with Gasteiger partial charge in [-0.15, -0.1) is 0 Å². The number of fused-ring (bicyclic) bond motifs is 1. The molecule has 0 aliphatic carbocycles. The van der Waals surface area contributed by atoms with E-state index in [-0.39, 0.29) is 0 Å². The first-order valence-electron chi connectivity index (χ1n) is 5.61. The maximum Gasteiger partial charge on any atom is 0.0746 e. The zero-order chi connectivity index (χ0) is 12.1. The van der Waals surface area contributed by atoms with Gasteiger partial charge in [0, 0.05) is 47.5 Å². The molecule has 1 atom stereocenters. The SMILES string of the molecule is CS(=O)CCNCc1cccc2cccnc12. The van der Waals surface area contributed by atoms with Crippen LogP contribution in [0.5, 0.6) is 0 Å². The Morgan fingerprint density at radius 3 is 2.94 bits per heavy atom. The normalized spacial score (nSPS) is 12.8. The van der Waals surface area contributed by atoms with Gasteiger partial charge in [-0.3, -0.25) is 9.19 Å². The van der Waals surface area contributed by atoms with Gasteiger partial charge in [0.2, 0.25) is 0 Å². The number of pyridine rings is 1. The van der Waals surface area contributed by atoms with Crippen molar-refractivity contribution in [2.45, 2.75) is 6.54 Å². The van der Waals surface area contributed by atoms with Crippen molar-refractivity contribution in [3.63, 3.8) is 0 Å². The van der Waals surface area contributed by atoms with Crippen molar-refractivity contribution in [3.8, 4) is 0 Å². The van der Waals surface area contributed by atoms with Crippen LogP contribution in [0.15, 0.2) is 36.5 Å². The van der Waals surface area contributed by atoms with E-state index in [2.05, 4.69) is 28.5 Å². The van der Waals surface area contributed by atoms with Crippen LogP contribution in [0.1, 0.15) is 5.56 Å². The van der Waals surface area contributed by atoms with Gasteiger partial charge in [0.25, 0.3) is 0 Å². The summed E-state index contributed by atoms with van der Waals surface area (Å²) in [5, 5.41) is 4.45. The standard InChI is InChI=1S/C13H16N2OS/c1-17(16)9-8-14-10-12-5-2-4-11-6-3-7-15-13(11)12/h2-7,14H,8-10H2,1H3. The Morgan fingerprint density at radius 1 is 1.29 bits per heavy atom. The minimum Gasteiger partial charge on any atom is -0.312 e. The fraction of sp³-hybridized carbons (Fsp3) is 0.308. The summed E-state index contributed by atoms with van der Waals surface area (Å²) in [6.07, 6.45) is 3.54. The molecular weight excluding hydrogens is 232 g/mol. The van der Waals surface area contributed by atoms with Gasteiger partial charge in [-0.1, -0.05) is 24.3 Å². The van der Waals surface area contributed by atoms with Crippen molar-refractivity contribution >= 4 is 21.7 Å². The van der Waals surface area contributed by atoms with Crippen LogP contribution in [-0.2, 0) is 17.3 Å². The second-order valence-electron chi connectivity index (χ2n) is 3.95. The van der Waals surface area contributed by atoms with Gasteiger partial charge >= 0.3 is 0 Å². The summed E-state index contributed by atoms with van der Waals surface area (Å²) in [4.78, 5) is 4.40. The summed E-state index contributed by atoms with van der Waals surface area (Å²) in [6, 6.07) is 10.2. The van der Waals surface area contributed by atoms with E-state index < -0.39 is 10.8 Å². The second-order valence-corrected chi connectivity index (χ2v) is 5.50.